The molecule has 1 amide bonds. The van der Waals surface area contributed by atoms with E-state index in [-0.39, 0.29) is 11.9 Å². The van der Waals surface area contributed by atoms with Gasteiger partial charge in [-0.15, -0.1) is 0 Å². The van der Waals surface area contributed by atoms with Crippen LogP contribution in [0.4, 0.5) is 0 Å². The van der Waals surface area contributed by atoms with Gasteiger partial charge in [0.2, 0.25) is 0 Å². The van der Waals surface area contributed by atoms with E-state index in [9.17, 15) is 4.79 Å². The standard InChI is InChI=1S/C10H13IN2O2/c1-7(6-15-2)13-10(14)8-3-4-12-5-9(8)11/h3-5,7H,6H2,1-2H3,(H,13,14). The minimum atomic E-state index is -0.0913. The molecule has 4 nitrogen and oxygen atoms in total. The lowest BCUT2D eigenvalue weighted by atomic mass is 10.2. The summed E-state index contributed by atoms with van der Waals surface area (Å²) in [5.74, 6) is -0.0913. The van der Waals surface area contributed by atoms with E-state index in [1.165, 1.54) is 0 Å². The molecule has 82 valence electrons. The first-order chi connectivity index (χ1) is 7.15. The SMILES string of the molecule is COCC(C)NC(=O)c1ccncc1I. The molecule has 1 rings (SSSR count). The van der Waals surface area contributed by atoms with Gasteiger partial charge < -0.3 is 10.1 Å². The minimum absolute atomic E-state index is 0.00599. The summed E-state index contributed by atoms with van der Waals surface area (Å²) in [7, 11) is 1.61. The van der Waals surface area contributed by atoms with E-state index in [4.69, 9.17) is 4.74 Å². The van der Waals surface area contributed by atoms with Crippen molar-refractivity contribution in [1.82, 2.24) is 10.3 Å². The van der Waals surface area contributed by atoms with Crippen LogP contribution in [-0.4, -0.2) is 30.6 Å². The van der Waals surface area contributed by atoms with Gasteiger partial charge in [-0.25, -0.2) is 0 Å². The second-order valence-corrected chi connectivity index (χ2v) is 4.35. The predicted molar refractivity (Wildman–Crippen MR) is 65.8 cm³/mol. The van der Waals surface area contributed by atoms with Gasteiger partial charge in [0.25, 0.3) is 5.91 Å². The van der Waals surface area contributed by atoms with Crippen LogP contribution in [0.2, 0.25) is 0 Å². The summed E-state index contributed by atoms with van der Waals surface area (Å²) in [5.41, 5.74) is 0.647. The predicted octanol–water partition coefficient (Wildman–Crippen LogP) is 1.45. The number of nitrogens with one attached hydrogen (secondary N) is 1. The van der Waals surface area contributed by atoms with E-state index < -0.39 is 0 Å². The lowest BCUT2D eigenvalue weighted by Gasteiger charge is -2.13. The molecule has 1 N–H and O–H groups in total. The summed E-state index contributed by atoms with van der Waals surface area (Å²) in [5, 5.41) is 2.84. The van der Waals surface area contributed by atoms with Gasteiger partial charge in [0, 0.05) is 29.1 Å². The van der Waals surface area contributed by atoms with Crippen LogP contribution in [0.15, 0.2) is 18.5 Å². The molecule has 0 aromatic carbocycles. The zero-order chi connectivity index (χ0) is 11.3. The van der Waals surface area contributed by atoms with Crippen molar-refractivity contribution >= 4 is 28.5 Å². The Labute approximate surface area is 103 Å². The van der Waals surface area contributed by atoms with Crippen molar-refractivity contribution in [2.24, 2.45) is 0 Å². The first-order valence-corrected chi connectivity index (χ1v) is 5.62. The smallest absolute Gasteiger partial charge is 0.252 e. The van der Waals surface area contributed by atoms with Crippen LogP contribution in [0.25, 0.3) is 0 Å². The van der Waals surface area contributed by atoms with E-state index in [0.717, 1.165) is 3.57 Å². The van der Waals surface area contributed by atoms with Crippen molar-refractivity contribution in [3.8, 4) is 0 Å². The Balaban J connectivity index is 2.65. The topological polar surface area (TPSA) is 51.2 Å². The maximum Gasteiger partial charge on any atom is 0.252 e. The molecular formula is C10H13IN2O2. The number of amides is 1. The average molecular weight is 320 g/mol. The summed E-state index contributed by atoms with van der Waals surface area (Å²) in [6, 6.07) is 1.71. The lowest BCUT2D eigenvalue weighted by molar-refractivity contribution is 0.0904. The van der Waals surface area contributed by atoms with Gasteiger partial charge in [0.05, 0.1) is 12.2 Å². The molecule has 15 heavy (non-hydrogen) atoms. The van der Waals surface area contributed by atoms with Gasteiger partial charge in [-0.1, -0.05) is 0 Å². The quantitative estimate of drug-likeness (QED) is 0.855. The minimum Gasteiger partial charge on any atom is -0.383 e. The van der Waals surface area contributed by atoms with Gasteiger partial charge in [0.1, 0.15) is 0 Å². The van der Waals surface area contributed by atoms with Gasteiger partial charge in [-0.2, -0.15) is 0 Å². The van der Waals surface area contributed by atoms with E-state index in [0.29, 0.717) is 12.2 Å². The van der Waals surface area contributed by atoms with Crippen LogP contribution < -0.4 is 5.32 Å². The highest BCUT2D eigenvalue weighted by Gasteiger charge is 2.11. The number of rotatable bonds is 4. The van der Waals surface area contributed by atoms with Crippen molar-refractivity contribution in [3.05, 3.63) is 27.6 Å². The number of pyridine rings is 1. The molecule has 0 aliphatic carbocycles. The van der Waals surface area contributed by atoms with E-state index in [1.807, 2.05) is 6.92 Å². The van der Waals surface area contributed by atoms with Crippen LogP contribution in [0.1, 0.15) is 17.3 Å². The van der Waals surface area contributed by atoms with Crippen molar-refractivity contribution in [2.75, 3.05) is 13.7 Å². The zero-order valence-corrected chi connectivity index (χ0v) is 10.8. The Morgan fingerprint density at radius 3 is 3.07 bits per heavy atom. The number of carbonyl (C=O) groups excluding carboxylic acids is 1. The number of hydrogen-bond donors (Lipinski definition) is 1. The lowest BCUT2D eigenvalue weighted by Crippen LogP contribution is -2.35. The fourth-order valence-corrected chi connectivity index (χ4v) is 1.74. The van der Waals surface area contributed by atoms with Crippen LogP contribution in [-0.2, 0) is 4.74 Å². The van der Waals surface area contributed by atoms with Crippen molar-refractivity contribution in [1.29, 1.82) is 0 Å². The normalized spacial score (nSPS) is 12.2. The molecule has 0 aliphatic heterocycles. The third-order valence-electron chi connectivity index (χ3n) is 1.81. The number of carbonyl (C=O) groups is 1. The maximum atomic E-state index is 11.8. The fourth-order valence-electron chi connectivity index (χ4n) is 1.15. The van der Waals surface area contributed by atoms with Crippen LogP contribution in [0, 0.1) is 3.57 Å². The highest BCUT2D eigenvalue weighted by atomic mass is 127. The monoisotopic (exact) mass is 320 g/mol. The Bertz CT molecular complexity index is 344. The summed E-state index contributed by atoms with van der Waals surface area (Å²) in [6.07, 6.45) is 3.27. The summed E-state index contributed by atoms with van der Waals surface area (Å²) < 4.78 is 5.79. The van der Waals surface area contributed by atoms with E-state index >= 15 is 0 Å². The van der Waals surface area contributed by atoms with Gasteiger partial charge >= 0.3 is 0 Å². The molecular weight excluding hydrogens is 307 g/mol. The molecule has 0 spiro atoms. The van der Waals surface area contributed by atoms with E-state index in [1.54, 1.807) is 25.6 Å². The molecule has 0 saturated heterocycles. The van der Waals surface area contributed by atoms with Crippen molar-refractivity contribution in [2.45, 2.75) is 13.0 Å². The molecule has 0 saturated carbocycles. The second kappa shape index (κ2) is 6.02. The molecule has 0 radical (unpaired) electrons. The third kappa shape index (κ3) is 3.75. The molecule has 1 heterocycles. The van der Waals surface area contributed by atoms with Crippen LogP contribution in [0.5, 0.6) is 0 Å². The fraction of sp³-hybridized carbons (Fsp3) is 0.400. The Hall–Kier alpha value is -0.690. The van der Waals surface area contributed by atoms with Crippen LogP contribution >= 0.6 is 22.6 Å². The summed E-state index contributed by atoms with van der Waals surface area (Å²) in [6.45, 7) is 2.41. The van der Waals surface area contributed by atoms with Crippen LogP contribution in [0.3, 0.4) is 0 Å². The molecule has 1 atom stereocenters. The Morgan fingerprint density at radius 1 is 1.73 bits per heavy atom. The third-order valence-corrected chi connectivity index (χ3v) is 2.67. The number of nitrogens with zero attached hydrogens (tertiary/aromatic N) is 1. The Kier molecular flexibility index (Phi) is 4.97. The van der Waals surface area contributed by atoms with Gasteiger partial charge in [0.15, 0.2) is 0 Å². The zero-order valence-electron chi connectivity index (χ0n) is 8.66. The molecule has 0 fully saturated rings. The van der Waals surface area contributed by atoms with Crippen molar-refractivity contribution < 1.29 is 9.53 Å². The second-order valence-electron chi connectivity index (χ2n) is 3.19. The summed E-state index contributed by atoms with van der Waals surface area (Å²) in [4.78, 5) is 15.7. The molecule has 1 aromatic heterocycles. The largest absolute Gasteiger partial charge is 0.383 e. The molecule has 5 heteroatoms. The van der Waals surface area contributed by atoms with Gasteiger partial charge in [-0.05, 0) is 35.6 Å². The average Bonchev–Trinajstić information content (AvgIpc) is 2.18. The molecule has 1 unspecified atom stereocenters. The highest BCUT2D eigenvalue weighted by Crippen LogP contribution is 2.09. The number of ether oxygens (including phenoxy) is 1. The van der Waals surface area contributed by atoms with E-state index in [2.05, 4.69) is 32.9 Å². The Morgan fingerprint density at radius 2 is 2.47 bits per heavy atom. The number of methoxy groups -OCH3 is 1. The van der Waals surface area contributed by atoms with Crippen molar-refractivity contribution in [3.63, 3.8) is 0 Å². The number of aromatic nitrogens is 1. The van der Waals surface area contributed by atoms with Gasteiger partial charge in [-0.3, -0.25) is 9.78 Å². The maximum absolute atomic E-state index is 11.8. The number of hydrogen-bond acceptors (Lipinski definition) is 3. The molecule has 1 aromatic rings. The summed E-state index contributed by atoms with van der Waals surface area (Å²) >= 11 is 2.09. The number of halogens is 1. The molecule has 0 aliphatic rings. The molecule has 0 bridgehead atoms. The highest BCUT2D eigenvalue weighted by molar-refractivity contribution is 14.1. The first-order valence-electron chi connectivity index (χ1n) is 4.54. The first kappa shape index (κ1) is 12.4.